The van der Waals surface area contributed by atoms with Crippen molar-refractivity contribution >= 4 is 46.2 Å². The number of nitrogens with two attached hydrogens (primary N) is 1. The highest BCUT2D eigenvalue weighted by Crippen LogP contribution is 2.33. The number of aromatic nitrogens is 1. The Morgan fingerprint density at radius 1 is 1.03 bits per heavy atom. The first kappa shape index (κ1) is 24.7. The average molecular weight is 516 g/mol. The number of pyridine rings is 1. The van der Waals surface area contributed by atoms with E-state index < -0.39 is 0 Å². The van der Waals surface area contributed by atoms with E-state index in [1.54, 1.807) is 24.4 Å². The first-order valence-corrected chi connectivity index (χ1v) is 12.5. The van der Waals surface area contributed by atoms with Crippen LogP contribution in [0.1, 0.15) is 28.1 Å². The van der Waals surface area contributed by atoms with Gasteiger partial charge in [-0.2, -0.15) is 0 Å². The number of anilines is 1. The Morgan fingerprint density at radius 3 is 2.54 bits per heavy atom. The van der Waals surface area contributed by atoms with Crippen molar-refractivity contribution in [2.24, 2.45) is 0 Å². The van der Waals surface area contributed by atoms with Gasteiger partial charge in [-0.15, -0.1) is 0 Å². The molecule has 37 heavy (non-hydrogen) atoms. The van der Waals surface area contributed by atoms with Gasteiger partial charge in [0.2, 0.25) is 0 Å². The van der Waals surface area contributed by atoms with Crippen molar-refractivity contribution in [1.82, 2.24) is 9.88 Å². The molecule has 2 N–H and O–H groups in total. The number of carbonyl (C=O) groups is 2. The van der Waals surface area contributed by atoms with Crippen molar-refractivity contribution in [1.29, 1.82) is 0 Å². The molecule has 0 aliphatic carbocycles. The highest BCUT2D eigenvalue weighted by Gasteiger charge is 2.18. The minimum atomic E-state index is -0.0178. The first-order valence-electron chi connectivity index (χ1n) is 12.1. The fraction of sp³-hybridized carbons (Fsp3) is 0.207. The fourth-order valence-electron chi connectivity index (χ4n) is 4.24. The summed E-state index contributed by atoms with van der Waals surface area (Å²) >= 11 is 6.54. The largest absolute Gasteiger partial charge is 0.459 e. The number of halogens is 1. The summed E-state index contributed by atoms with van der Waals surface area (Å²) < 4.78 is 11.3. The smallest absolute Gasteiger partial charge is 0.254 e. The van der Waals surface area contributed by atoms with Gasteiger partial charge in [-0.05, 0) is 71.3 Å². The lowest BCUT2D eigenvalue weighted by atomic mass is 10.0. The number of hydrogen-bond donors (Lipinski definition) is 1. The summed E-state index contributed by atoms with van der Waals surface area (Å²) in [7, 11) is 0. The summed E-state index contributed by atoms with van der Waals surface area (Å²) in [6, 6.07) is 16.8. The second kappa shape index (κ2) is 11.0. The molecule has 0 radical (unpaired) electrons. The lowest BCUT2D eigenvalue weighted by Gasteiger charge is -2.26. The SMILES string of the molecule is Nc1ccc(/C=C/C(=O)CCc2cc3cc(-c4ccc(C(=O)N5CCOCC5)cc4)cc(Cl)c3o2)cn1. The molecule has 1 fully saturated rings. The maximum Gasteiger partial charge on any atom is 0.254 e. The van der Waals surface area contributed by atoms with Crippen molar-refractivity contribution in [2.75, 3.05) is 32.0 Å². The first-order chi connectivity index (χ1) is 18.0. The summed E-state index contributed by atoms with van der Waals surface area (Å²) in [5.74, 6) is 1.12. The standard InChI is InChI=1S/C29H26ClN3O4/c30-26-17-22(20-3-5-21(6-4-20)29(35)33-11-13-36-14-12-33)15-23-16-25(37-28(23)26)9-8-24(34)7-1-19-2-10-27(31)32-18-19/h1-7,10,15-18H,8-9,11-14H2,(H2,31,32)/b7-1+. The average Bonchev–Trinajstić information content (AvgIpc) is 3.35. The van der Waals surface area contributed by atoms with Crippen molar-refractivity contribution in [3.05, 3.63) is 88.8 Å². The molecule has 0 bridgehead atoms. The molecule has 3 heterocycles. The minimum Gasteiger partial charge on any atom is -0.459 e. The summed E-state index contributed by atoms with van der Waals surface area (Å²) in [5.41, 5.74) is 9.50. The molecule has 1 amide bonds. The summed E-state index contributed by atoms with van der Waals surface area (Å²) in [6.07, 6.45) is 5.64. The Labute approximate surface area is 219 Å². The molecule has 0 spiro atoms. The lowest BCUT2D eigenvalue weighted by molar-refractivity contribution is -0.114. The van der Waals surface area contributed by atoms with Crippen LogP contribution < -0.4 is 5.73 Å². The molecular weight excluding hydrogens is 490 g/mol. The highest BCUT2D eigenvalue weighted by molar-refractivity contribution is 6.35. The van der Waals surface area contributed by atoms with Gasteiger partial charge in [0.15, 0.2) is 11.4 Å². The summed E-state index contributed by atoms with van der Waals surface area (Å²) in [4.78, 5) is 30.9. The van der Waals surface area contributed by atoms with Crippen LogP contribution in [0, 0.1) is 0 Å². The zero-order valence-corrected chi connectivity index (χ0v) is 20.9. The molecule has 4 aromatic rings. The van der Waals surface area contributed by atoms with Crippen LogP contribution in [0.2, 0.25) is 5.02 Å². The van der Waals surface area contributed by atoms with Crippen LogP contribution in [0.3, 0.4) is 0 Å². The predicted octanol–water partition coefficient (Wildman–Crippen LogP) is 5.42. The van der Waals surface area contributed by atoms with Crippen LogP contribution in [0.4, 0.5) is 5.82 Å². The Hall–Kier alpha value is -3.94. The molecule has 7 nitrogen and oxygen atoms in total. The number of aryl methyl sites for hydroxylation is 1. The molecular formula is C29H26ClN3O4. The number of allylic oxidation sites excluding steroid dienone is 1. The third-order valence-corrected chi connectivity index (χ3v) is 6.55. The number of carbonyl (C=O) groups excluding carboxylic acids is 2. The van der Waals surface area contributed by atoms with E-state index in [1.165, 1.54) is 6.08 Å². The third-order valence-electron chi connectivity index (χ3n) is 6.27. The Kier molecular flexibility index (Phi) is 7.35. The molecule has 8 heteroatoms. The number of ketones is 1. The van der Waals surface area contributed by atoms with Gasteiger partial charge >= 0.3 is 0 Å². The van der Waals surface area contributed by atoms with E-state index in [1.807, 2.05) is 47.4 Å². The molecule has 1 saturated heterocycles. The number of nitrogen functional groups attached to an aromatic ring is 1. The molecule has 0 unspecified atom stereocenters. The van der Waals surface area contributed by atoms with E-state index in [9.17, 15) is 9.59 Å². The number of ether oxygens (including phenoxy) is 1. The van der Waals surface area contributed by atoms with Gasteiger partial charge in [0.05, 0.1) is 18.2 Å². The van der Waals surface area contributed by atoms with Gasteiger partial charge in [-0.25, -0.2) is 4.98 Å². The Balaban J connectivity index is 1.26. The van der Waals surface area contributed by atoms with Crippen LogP contribution in [0.5, 0.6) is 0 Å². The van der Waals surface area contributed by atoms with E-state index in [2.05, 4.69) is 4.98 Å². The van der Waals surface area contributed by atoms with Crippen LogP contribution in [-0.2, 0) is 16.0 Å². The van der Waals surface area contributed by atoms with Gasteiger partial charge in [0.25, 0.3) is 5.91 Å². The number of morpholine rings is 1. The fourth-order valence-corrected chi connectivity index (χ4v) is 4.51. The molecule has 188 valence electrons. The second-order valence-electron chi connectivity index (χ2n) is 8.89. The van der Waals surface area contributed by atoms with E-state index >= 15 is 0 Å². The van der Waals surface area contributed by atoms with Crippen LogP contribution >= 0.6 is 11.6 Å². The zero-order valence-electron chi connectivity index (χ0n) is 20.2. The van der Waals surface area contributed by atoms with E-state index in [-0.39, 0.29) is 11.7 Å². The normalized spacial score (nSPS) is 13.9. The van der Waals surface area contributed by atoms with E-state index in [0.717, 1.165) is 22.1 Å². The number of hydrogen-bond acceptors (Lipinski definition) is 6. The number of furan rings is 1. The van der Waals surface area contributed by atoms with Crippen molar-refractivity contribution < 1.29 is 18.7 Å². The lowest BCUT2D eigenvalue weighted by Crippen LogP contribution is -2.40. The predicted molar refractivity (Wildman–Crippen MR) is 144 cm³/mol. The second-order valence-corrected chi connectivity index (χ2v) is 9.29. The quantitative estimate of drug-likeness (QED) is 0.330. The van der Waals surface area contributed by atoms with Crippen molar-refractivity contribution in [3.8, 4) is 11.1 Å². The molecule has 2 aromatic heterocycles. The van der Waals surface area contributed by atoms with Crippen molar-refractivity contribution in [2.45, 2.75) is 12.8 Å². The number of amides is 1. The number of benzene rings is 2. The summed E-state index contributed by atoms with van der Waals surface area (Å²) in [5, 5.41) is 1.36. The Morgan fingerprint density at radius 2 is 1.81 bits per heavy atom. The molecule has 2 aromatic carbocycles. The van der Waals surface area contributed by atoms with E-state index in [4.69, 9.17) is 26.5 Å². The minimum absolute atomic E-state index is 0.0114. The van der Waals surface area contributed by atoms with Gasteiger partial charge in [0, 0.05) is 43.1 Å². The molecule has 0 atom stereocenters. The van der Waals surface area contributed by atoms with Gasteiger partial charge in [-0.1, -0.05) is 23.7 Å². The summed E-state index contributed by atoms with van der Waals surface area (Å²) in [6.45, 7) is 2.36. The third kappa shape index (κ3) is 5.90. The van der Waals surface area contributed by atoms with Gasteiger partial charge < -0.3 is 19.8 Å². The van der Waals surface area contributed by atoms with Crippen molar-refractivity contribution in [3.63, 3.8) is 0 Å². The van der Waals surface area contributed by atoms with Crippen LogP contribution in [-0.4, -0.2) is 47.9 Å². The van der Waals surface area contributed by atoms with E-state index in [0.29, 0.717) is 66.9 Å². The maximum absolute atomic E-state index is 12.7. The van der Waals surface area contributed by atoms with Crippen LogP contribution in [0.15, 0.2) is 71.3 Å². The molecule has 0 saturated carbocycles. The monoisotopic (exact) mass is 515 g/mol. The highest BCUT2D eigenvalue weighted by atomic mass is 35.5. The Bertz CT molecular complexity index is 1450. The molecule has 5 rings (SSSR count). The maximum atomic E-state index is 12.7. The molecule has 1 aliphatic heterocycles. The number of fused-ring (bicyclic) bond motifs is 1. The zero-order chi connectivity index (χ0) is 25.8. The van der Waals surface area contributed by atoms with Gasteiger partial charge in [0.1, 0.15) is 11.6 Å². The van der Waals surface area contributed by atoms with Crippen LogP contribution in [0.25, 0.3) is 28.2 Å². The molecule has 1 aliphatic rings. The topological polar surface area (TPSA) is 98.7 Å². The van der Waals surface area contributed by atoms with Gasteiger partial charge in [-0.3, -0.25) is 9.59 Å². The number of nitrogens with zero attached hydrogens (tertiary/aromatic N) is 2. The number of rotatable bonds is 7.